The topological polar surface area (TPSA) is 157 Å². The van der Waals surface area contributed by atoms with Gasteiger partial charge in [0.05, 0.1) is 17.9 Å². The van der Waals surface area contributed by atoms with Crippen LogP contribution in [0.15, 0.2) is 27.8 Å². The highest BCUT2D eigenvalue weighted by Crippen LogP contribution is 2.36. The Morgan fingerprint density at radius 2 is 2.33 bits per heavy atom. The molecule has 1 aromatic carbocycles. The number of halogens is 1. The van der Waals surface area contributed by atoms with Gasteiger partial charge in [0.2, 0.25) is 5.82 Å². The molecule has 2 aromatic rings. The van der Waals surface area contributed by atoms with Gasteiger partial charge in [-0.3, -0.25) is 24.7 Å². The van der Waals surface area contributed by atoms with Crippen molar-refractivity contribution in [3.63, 3.8) is 0 Å². The SMILES string of the molecule is CS(=N)(=O)C[C@@H](O)CNc1nonc1C(=NC1Cc2ccc(F)cc21)NO. The summed E-state index contributed by atoms with van der Waals surface area (Å²) in [6.07, 6.45) is 0.773. The lowest BCUT2D eigenvalue weighted by Gasteiger charge is -2.27. The number of rotatable bonds is 7. The summed E-state index contributed by atoms with van der Waals surface area (Å²) in [7, 11) is -2.85. The molecule has 0 aliphatic heterocycles. The summed E-state index contributed by atoms with van der Waals surface area (Å²) in [5.74, 6) is -0.508. The van der Waals surface area contributed by atoms with E-state index in [0.717, 1.165) is 11.1 Å². The van der Waals surface area contributed by atoms with Crippen LogP contribution >= 0.6 is 0 Å². The number of hydrogen-bond acceptors (Lipinski definition) is 9. The Morgan fingerprint density at radius 3 is 3.04 bits per heavy atom. The number of benzene rings is 1. The minimum Gasteiger partial charge on any atom is -0.390 e. The fourth-order valence-corrected chi connectivity index (χ4v) is 3.62. The monoisotopic (exact) mass is 398 g/mol. The first-order chi connectivity index (χ1) is 12.8. The Bertz CT molecular complexity index is 961. The number of anilines is 1. The van der Waals surface area contributed by atoms with Crippen LogP contribution in [-0.2, 0) is 16.1 Å². The van der Waals surface area contributed by atoms with Crippen molar-refractivity contribution >= 4 is 21.4 Å². The first-order valence-electron chi connectivity index (χ1n) is 7.99. The molecule has 3 atom stereocenters. The second kappa shape index (κ2) is 7.58. The van der Waals surface area contributed by atoms with E-state index in [4.69, 9.17) is 4.78 Å². The summed E-state index contributed by atoms with van der Waals surface area (Å²) in [6, 6.07) is 4.10. The van der Waals surface area contributed by atoms with Crippen LogP contribution in [0.4, 0.5) is 10.2 Å². The number of aromatic nitrogens is 2. The summed E-state index contributed by atoms with van der Waals surface area (Å²) in [5.41, 5.74) is 3.69. The molecule has 0 fully saturated rings. The highest BCUT2D eigenvalue weighted by molar-refractivity contribution is 7.91. The van der Waals surface area contributed by atoms with Gasteiger partial charge in [-0.1, -0.05) is 6.07 Å². The molecular formula is C15H19FN6O4S. The molecular weight excluding hydrogens is 379 g/mol. The van der Waals surface area contributed by atoms with Crippen molar-refractivity contribution in [1.82, 2.24) is 15.8 Å². The van der Waals surface area contributed by atoms with Crippen molar-refractivity contribution in [3.8, 4) is 0 Å². The zero-order valence-corrected chi connectivity index (χ0v) is 15.2. The molecule has 1 aliphatic carbocycles. The summed E-state index contributed by atoms with van der Waals surface area (Å²) >= 11 is 0. The Kier molecular flexibility index (Phi) is 5.39. The number of fused-ring (bicyclic) bond motifs is 1. The fourth-order valence-electron chi connectivity index (χ4n) is 2.76. The molecule has 10 nitrogen and oxygen atoms in total. The molecule has 3 rings (SSSR count). The second-order valence-electron chi connectivity index (χ2n) is 6.32. The number of hydrogen-bond donors (Lipinski definition) is 5. The van der Waals surface area contributed by atoms with Crippen molar-refractivity contribution in [1.29, 1.82) is 4.78 Å². The number of hydroxylamine groups is 1. The first kappa shape index (κ1) is 19.2. The molecule has 0 saturated carbocycles. The van der Waals surface area contributed by atoms with Crippen LogP contribution in [0.25, 0.3) is 0 Å². The van der Waals surface area contributed by atoms with Crippen molar-refractivity contribution in [2.75, 3.05) is 23.9 Å². The largest absolute Gasteiger partial charge is 0.390 e. The van der Waals surface area contributed by atoms with Crippen molar-refractivity contribution in [2.24, 2.45) is 4.99 Å². The Hall–Kier alpha value is -2.57. The number of aliphatic imine (C=N–C) groups is 1. The summed E-state index contributed by atoms with van der Waals surface area (Å²) in [5, 5.41) is 29.3. The van der Waals surface area contributed by atoms with E-state index in [-0.39, 0.29) is 41.5 Å². The minimum atomic E-state index is -2.85. The third kappa shape index (κ3) is 4.59. The van der Waals surface area contributed by atoms with Gasteiger partial charge in [0.1, 0.15) is 5.82 Å². The predicted molar refractivity (Wildman–Crippen MR) is 94.8 cm³/mol. The van der Waals surface area contributed by atoms with Gasteiger partial charge in [0.15, 0.2) is 11.5 Å². The fraction of sp³-hybridized carbons (Fsp3) is 0.400. The van der Waals surface area contributed by atoms with Gasteiger partial charge < -0.3 is 10.4 Å². The standard InChI is InChI=1S/C15H19FN6O4S/c1-27(17,25)7-10(23)6-18-14-13(21-26-22-14)15(20-24)19-12-4-8-2-3-9(16)5-11(8)12/h2-3,5,10,12,17,23-24H,4,6-7H2,1H3,(H,18,22)(H,19,20)/t10-,12?,27?/m0/s1. The van der Waals surface area contributed by atoms with Gasteiger partial charge in [0, 0.05) is 22.5 Å². The summed E-state index contributed by atoms with van der Waals surface area (Å²) in [6.45, 7) is -0.0545. The zero-order chi connectivity index (χ0) is 19.6. The van der Waals surface area contributed by atoms with Gasteiger partial charge in [-0.05, 0) is 40.0 Å². The average molecular weight is 398 g/mol. The van der Waals surface area contributed by atoms with Crippen LogP contribution < -0.4 is 10.8 Å². The van der Waals surface area contributed by atoms with E-state index >= 15 is 0 Å². The van der Waals surface area contributed by atoms with Gasteiger partial charge in [-0.25, -0.2) is 9.02 Å². The highest BCUT2D eigenvalue weighted by atomic mass is 32.2. The Labute approximate surface area is 154 Å². The molecule has 0 amide bonds. The molecule has 0 bridgehead atoms. The molecule has 27 heavy (non-hydrogen) atoms. The van der Waals surface area contributed by atoms with Crippen molar-refractivity contribution in [3.05, 3.63) is 40.8 Å². The summed E-state index contributed by atoms with van der Waals surface area (Å²) < 4.78 is 36.8. The predicted octanol–water partition coefficient (Wildman–Crippen LogP) is 0.681. The highest BCUT2D eigenvalue weighted by Gasteiger charge is 2.28. The molecule has 1 aromatic heterocycles. The Balaban J connectivity index is 1.73. The van der Waals surface area contributed by atoms with Crippen LogP contribution in [0.2, 0.25) is 0 Å². The third-order valence-corrected chi connectivity index (χ3v) is 5.02. The molecule has 0 spiro atoms. The third-order valence-electron chi connectivity index (χ3n) is 4.00. The number of nitrogens with zero attached hydrogens (tertiary/aromatic N) is 3. The van der Waals surface area contributed by atoms with E-state index in [9.17, 15) is 18.9 Å². The molecule has 2 unspecified atom stereocenters. The minimum absolute atomic E-state index is 0.0343. The first-order valence-corrected chi connectivity index (χ1v) is 10.1. The lowest BCUT2D eigenvalue weighted by molar-refractivity contribution is 0.211. The van der Waals surface area contributed by atoms with Crippen molar-refractivity contribution < 1.29 is 23.5 Å². The van der Waals surface area contributed by atoms with E-state index in [1.165, 1.54) is 18.4 Å². The average Bonchev–Trinajstić information content (AvgIpc) is 3.03. The number of aliphatic hydroxyl groups excluding tert-OH is 1. The molecule has 0 radical (unpaired) electrons. The zero-order valence-electron chi connectivity index (χ0n) is 14.3. The van der Waals surface area contributed by atoms with Crippen LogP contribution in [0.1, 0.15) is 22.9 Å². The van der Waals surface area contributed by atoms with Crippen LogP contribution in [-0.4, -0.2) is 55.3 Å². The number of nitrogens with one attached hydrogen (secondary N) is 3. The van der Waals surface area contributed by atoms with Crippen LogP contribution in [0.5, 0.6) is 0 Å². The summed E-state index contributed by atoms with van der Waals surface area (Å²) in [4.78, 5) is 4.32. The van der Waals surface area contributed by atoms with Crippen molar-refractivity contribution in [2.45, 2.75) is 18.6 Å². The second-order valence-corrected chi connectivity index (χ2v) is 8.66. The van der Waals surface area contributed by atoms with E-state index in [1.807, 2.05) is 5.48 Å². The smallest absolute Gasteiger partial charge is 0.202 e. The van der Waals surface area contributed by atoms with E-state index in [1.54, 1.807) is 6.07 Å². The molecule has 1 heterocycles. The van der Waals surface area contributed by atoms with Crippen LogP contribution in [0.3, 0.4) is 0 Å². The number of amidine groups is 1. The molecule has 0 saturated heterocycles. The maximum absolute atomic E-state index is 13.4. The van der Waals surface area contributed by atoms with Gasteiger partial charge in [-0.15, -0.1) is 0 Å². The Morgan fingerprint density at radius 1 is 1.56 bits per heavy atom. The molecule has 12 heteroatoms. The van der Waals surface area contributed by atoms with E-state index < -0.39 is 15.8 Å². The maximum atomic E-state index is 13.4. The lowest BCUT2D eigenvalue weighted by atomic mass is 9.83. The van der Waals surface area contributed by atoms with Gasteiger partial charge in [0.25, 0.3) is 0 Å². The normalized spacial score (nSPS) is 19.6. The molecule has 1 aliphatic rings. The molecule has 146 valence electrons. The quantitative estimate of drug-likeness (QED) is 0.259. The molecule has 5 N–H and O–H groups in total. The van der Waals surface area contributed by atoms with Gasteiger partial charge in [-0.2, -0.15) is 0 Å². The lowest BCUT2D eigenvalue weighted by Crippen LogP contribution is -2.29. The number of aliphatic hydroxyl groups is 1. The van der Waals surface area contributed by atoms with Gasteiger partial charge >= 0.3 is 0 Å². The maximum Gasteiger partial charge on any atom is 0.202 e. The van der Waals surface area contributed by atoms with E-state index in [2.05, 4.69) is 25.3 Å². The van der Waals surface area contributed by atoms with Crippen LogP contribution in [0, 0.1) is 10.6 Å². The van der Waals surface area contributed by atoms with E-state index in [0.29, 0.717) is 6.42 Å².